The summed E-state index contributed by atoms with van der Waals surface area (Å²) in [5, 5.41) is 0. The predicted octanol–water partition coefficient (Wildman–Crippen LogP) is 5.07. The Morgan fingerprint density at radius 1 is 0.808 bits per heavy atom. The van der Waals surface area contributed by atoms with Crippen molar-refractivity contribution in [2.75, 3.05) is 0 Å². The van der Waals surface area contributed by atoms with Gasteiger partial charge in [0.25, 0.3) is 0 Å². The van der Waals surface area contributed by atoms with Crippen LogP contribution >= 0.6 is 20.2 Å². The third kappa shape index (κ3) is 4.32. The molecule has 0 saturated heterocycles. The van der Waals surface area contributed by atoms with E-state index in [9.17, 15) is 56.7 Å². The Morgan fingerprint density at radius 3 is 1.58 bits per heavy atom. The quantitative estimate of drug-likeness (QED) is 0.227. The molecule has 0 amide bonds. The predicted molar refractivity (Wildman–Crippen MR) is 71.1 cm³/mol. The van der Waals surface area contributed by atoms with E-state index in [1.807, 2.05) is 0 Å². The molecule has 0 atom stereocenters. The average Bonchev–Trinajstić information content (AvgIpc) is 2.43. The van der Waals surface area contributed by atoms with E-state index in [4.69, 9.17) is 0 Å². The summed E-state index contributed by atoms with van der Waals surface area (Å²) in [4.78, 5) is 0. The molecule has 26 heavy (non-hydrogen) atoms. The molecule has 152 valence electrons. The van der Waals surface area contributed by atoms with Gasteiger partial charge in [0, 0.05) is 0 Å². The minimum absolute atomic E-state index is 0.131. The molecule has 1 rings (SSSR count). The SMILES string of the molecule is O=S(=O)(OI(c1ccc(F)cc1)C(F)(F)C(F)(F)C(F)(F)F)C(F)(F)F. The van der Waals surface area contributed by atoms with Crippen molar-refractivity contribution >= 4 is 30.4 Å². The Morgan fingerprint density at radius 2 is 1.23 bits per heavy atom. The Balaban J connectivity index is 3.58. The molecule has 1 aromatic carbocycles. The molecule has 0 heterocycles. The van der Waals surface area contributed by atoms with Gasteiger partial charge in [-0.2, -0.15) is 0 Å². The van der Waals surface area contributed by atoms with Gasteiger partial charge in [0.15, 0.2) is 0 Å². The van der Waals surface area contributed by atoms with E-state index in [1.54, 1.807) is 0 Å². The first-order valence-electron chi connectivity index (χ1n) is 5.64. The zero-order valence-electron chi connectivity index (χ0n) is 11.5. The van der Waals surface area contributed by atoms with Crippen molar-refractivity contribution in [3.8, 4) is 0 Å². The summed E-state index contributed by atoms with van der Waals surface area (Å²) in [7, 11) is -6.95. The van der Waals surface area contributed by atoms with Crippen LogP contribution in [0.5, 0.6) is 0 Å². The first-order chi connectivity index (χ1) is 11.3. The topological polar surface area (TPSA) is 43.4 Å². The van der Waals surface area contributed by atoms with Crippen LogP contribution in [0.1, 0.15) is 0 Å². The van der Waals surface area contributed by atoms with E-state index in [-0.39, 0.29) is 24.3 Å². The number of hydrogen-bond acceptors (Lipinski definition) is 3. The summed E-state index contributed by atoms with van der Waals surface area (Å²) in [6, 6.07) is 0.745. The Labute approximate surface area is 145 Å². The van der Waals surface area contributed by atoms with Crippen molar-refractivity contribution in [3.05, 3.63) is 33.7 Å². The van der Waals surface area contributed by atoms with Crippen LogP contribution < -0.4 is 0 Å². The number of benzene rings is 1. The first kappa shape index (κ1) is 23.1. The van der Waals surface area contributed by atoms with Gasteiger partial charge in [-0.3, -0.25) is 0 Å². The molecule has 0 aliphatic rings. The fourth-order valence-corrected chi connectivity index (χ4v) is 7.58. The molecule has 0 aliphatic carbocycles. The van der Waals surface area contributed by atoms with E-state index < -0.39 is 61.3 Å². The van der Waals surface area contributed by atoms with Crippen LogP contribution in [0.15, 0.2) is 24.3 Å². The number of alkyl halides is 11. The van der Waals surface area contributed by atoms with Gasteiger partial charge in [-0.15, -0.1) is 0 Å². The Hall–Kier alpha value is -0.910. The van der Waals surface area contributed by atoms with Gasteiger partial charge in [0.2, 0.25) is 0 Å². The summed E-state index contributed by atoms with van der Waals surface area (Å²) in [6.07, 6.45) is -6.93. The van der Waals surface area contributed by atoms with Crippen molar-refractivity contribution in [1.82, 2.24) is 0 Å². The second-order valence-electron chi connectivity index (χ2n) is 4.22. The molecule has 0 N–H and O–H groups in total. The third-order valence-corrected chi connectivity index (χ3v) is 9.47. The number of halogens is 12. The first-order valence-corrected chi connectivity index (χ1v) is 10.1. The van der Waals surface area contributed by atoms with Crippen molar-refractivity contribution < 1.29 is 59.2 Å². The number of rotatable bonds is 5. The summed E-state index contributed by atoms with van der Waals surface area (Å²) >= 11 is -6.28. The Bertz CT molecular complexity index is 739. The summed E-state index contributed by atoms with van der Waals surface area (Å²) < 4.78 is 157. The monoisotopic (exact) mass is 540 g/mol. The van der Waals surface area contributed by atoms with Crippen molar-refractivity contribution in [2.24, 2.45) is 0 Å². The van der Waals surface area contributed by atoms with E-state index in [0.29, 0.717) is 0 Å². The fourth-order valence-electron chi connectivity index (χ4n) is 1.14. The summed E-state index contributed by atoms with van der Waals surface area (Å²) in [5.41, 5.74) is -6.37. The van der Waals surface area contributed by atoms with Crippen LogP contribution in [0.3, 0.4) is 0 Å². The normalized spacial score (nSPS) is 15.1. The molecule has 0 aliphatic heterocycles. The van der Waals surface area contributed by atoms with Crippen LogP contribution in [0, 0.1) is 9.39 Å². The van der Waals surface area contributed by atoms with Crippen molar-refractivity contribution in [3.63, 3.8) is 0 Å². The molecule has 0 unspecified atom stereocenters. The second-order valence-corrected chi connectivity index (χ2v) is 10.8. The molecule has 0 fully saturated rings. The maximum absolute atomic E-state index is 13.8. The molecule has 16 heteroatoms. The van der Waals surface area contributed by atoms with Crippen LogP contribution in [-0.4, -0.2) is 30.0 Å². The molecular formula is C10H4F11IO3S. The fraction of sp³-hybridized carbons (Fsp3) is 0.400. The molecular weight excluding hydrogens is 536 g/mol. The molecule has 1 aromatic rings. The molecule has 0 spiro atoms. The van der Waals surface area contributed by atoms with Gasteiger partial charge in [-0.25, -0.2) is 0 Å². The van der Waals surface area contributed by atoms with Gasteiger partial charge >= 0.3 is 145 Å². The van der Waals surface area contributed by atoms with Crippen LogP contribution in [0.4, 0.5) is 48.3 Å². The van der Waals surface area contributed by atoms with Crippen molar-refractivity contribution in [2.45, 2.75) is 21.5 Å². The number of hydrogen-bond donors (Lipinski definition) is 0. The van der Waals surface area contributed by atoms with Gasteiger partial charge in [-0.05, 0) is 0 Å². The van der Waals surface area contributed by atoms with Crippen LogP contribution in [0.25, 0.3) is 0 Å². The maximum atomic E-state index is 13.8. The molecule has 0 radical (unpaired) electrons. The van der Waals surface area contributed by atoms with Crippen molar-refractivity contribution in [1.29, 1.82) is 0 Å². The van der Waals surface area contributed by atoms with Gasteiger partial charge < -0.3 is 0 Å². The minimum atomic E-state index is -6.95. The van der Waals surface area contributed by atoms with Gasteiger partial charge in [0.05, 0.1) is 0 Å². The van der Waals surface area contributed by atoms with E-state index >= 15 is 0 Å². The van der Waals surface area contributed by atoms with Gasteiger partial charge in [-0.1, -0.05) is 0 Å². The van der Waals surface area contributed by atoms with Gasteiger partial charge in [0.1, 0.15) is 0 Å². The van der Waals surface area contributed by atoms with Crippen LogP contribution in [-0.2, 0) is 12.6 Å². The molecule has 0 aromatic heterocycles. The van der Waals surface area contributed by atoms with E-state index in [1.165, 1.54) is 0 Å². The average molecular weight is 540 g/mol. The Kier molecular flexibility index (Phi) is 6.15. The zero-order chi connectivity index (χ0) is 20.8. The van der Waals surface area contributed by atoms with Crippen LogP contribution in [0.2, 0.25) is 0 Å². The standard InChI is InChI=1S/C10H4F11IO3S/c11-5-1-3-6(4-2-5)22(25-26(23,24)10(19,20)21)9(17,18)7(12,13)8(14,15)16/h1-4H. The summed E-state index contributed by atoms with van der Waals surface area (Å²) in [6.45, 7) is 0. The van der Waals surface area contributed by atoms with E-state index in [0.717, 1.165) is 0 Å². The molecule has 3 nitrogen and oxygen atoms in total. The zero-order valence-corrected chi connectivity index (χ0v) is 14.5. The second kappa shape index (κ2) is 6.92. The molecule has 0 saturated carbocycles. The third-order valence-electron chi connectivity index (χ3n) is 2.36. The summed E-state index contributed by atoms with van der Waals surface area (Å²) in [5.74, 6) is -8.13. The molecule has 0 bridgehead atoms. The van der Waals surface area contributed by atoms with E-state index in [2.05, 4.69) is 2.51 Å².